The van der Waals surface area contributed by atoms with Crippen LogP contribution in [0, 0.1) is 0 Å². The van der Waals surface area contributed by atoms with Gasteiger partial charge in [0.1, 0.15) is 17.3 Å². The van der Waals surface area contributed by atoms with E-state index < -0.39 is 5.41 Å². The third-order valence-electron chi connectivity index (χ3n) is 10.4. The van der Waals surface area contributed by atoms with E-state index in [-0.39, 0.29) is 6.04 Å². The van der Waals surface area contributed by atoms with E-state index in [1.54, 1.807) is 0 Å². The van der Waals surface area contributed by atoms with Crippen LogP contribution in [0.15, 0.2) is 187 Å². The average molecular weight is 641 g/mol. The van der Waals surface area contributed by atoms with E-state index in [2.05, 4.69) is 181 Å². The summed E-state index contributed by atoms with van der Waals surface area (Å²) < 4.78 is 6.58. The van der Waals surface area contributed by atoms with Crippen LogP contribution in [-0.4, -0.2) is 5.84 Å². The molecule has 2 aliphatic heterocycles. The lowest BCUT2D eigenvalue weighted by Gasteiger charge is -2.40. The quantitative estimate of drug-likeness (QED) is 0.208. The van der Waals surface area contributed by atoms with Crippen molar-refractivity contribution in [2.24, 2.45) is 4.99 Å². The lowest BCUT2D eigenvalue weighted by atomic mass is 9.64. The maximum absolute atomic E-state index is 6.58. The topological polar surface area (TPSA) is 33.6 Å². The van der Waals surface area contributed by atoms with Gasteiger partial charge in [0.05, 0.1) is 17.2 Å². The first kappa shape index (κ1) is 28.6. The van der Waals surface area contributed by atoms with Crippen LogP contribution in [0.5, 0.6) is 11.5 Å². The molecule has 1 N–H and O–H groups in total. The molecule has 0 saturated heterocycles. The number of hydrogen-bond donors (Lipinski definition) is 1. The number of nitrogens with one attached hydrogen (secondary N) is 1. The molecule has 236 valence electrons. The second-order valence-electron chi connectivity index (χ2n) is 13.1. The van der Waals surface area contributed by atoms with Crippen molar-refractivity contribution in [3.05, 3.63) is 221 Å². The van der Waals surface area contributed by atoms with Crippen molar-refractivity contribution in [3.63, 3.8) is 0 Å². The minimum absolute atomic E-state index is 0.00277. The van der Waals surface area contributed by atoms with Crippen LogP contribution in [0.2, 0.25) is 0 Å². The van der Waals surface area contributed by atoms with Crippen molar-refractivity contribution in [1.29, 1.82) is 0 Å². The van der Waals surface area contributed by atoms with Crippen molar-refractivity contribution < 1.29 is 4.74 Å². The fourth-order valence-corrected chi connectivity index (χ4v) is 8.26. The first-order valence-electron chi connectivity index (χ1n) is 17.2. The lowest BCUT2D eigenvalue weighted by molar-refractivity contribution is 0.436. The zero-order valence-electron chi connectivity index (χ0n) is 27.3. The van der Waals surface area contributed by atoms with Gasteiger partial charge in [0.15, 0.2) is 0 Å². The fraction of sp³-hybridized carbons (Fsp3) is 0.0426. The Balaban J connectivity index is 1.13. The van der Waals surface area contributed by atoms with E-state index in [9.17, 15) is 0 Å². The second-order valence-corrected chi connectivity index (χ2v) is 13.1. The highest BCUT2D eigenvalue weighted by molar-refractivity contribution is 6.04. The molecule has 3 nitrogen and oxygen atoms in total. The Labute approximate surface area is 291 Å². The minimum Gasteiger partial charge on any atom is -0.457 e. The van der Waals surface area contributed by atoms with Gasteiger partial charge in [-0.25, -0.2) is 4.99 Å². The third kappa shape index (κ3) is 4.27. The molecule has 1 unspecified atom stereocenters. The Kier molecular flexibility index (Phi) is 6.47. The van der Waals surface area contributed by atoms with E-state index in [4.69, 9.17) is 9.73 Å². The molecule has 7 aromatic carbocycles. The monoisotopic (exact) mass is 640 g/mol. The first-order chi connectivity index (χ1) is 24.8. The molecular formula is C47H32N2O. The Morgan fingerprint density at radius 3 is 1.74 bits per heavy atom. The lowest BCUT2D eigenvalue weighted by Crippen LogP contribution is -2.32. The van der Waals surface area contributed by atoms with Crippen molar-refractivity contribution in [3.8, 4) is 33.8 Å². The molecule has 50 heavy (non-hydrogen) atoms. The number of amidine groups is 1. The zero-order valence-corrected chi connectivity index (χ0v) is 27.3. The van der Waals surface area contributed by atoms with Crippen LogP contribution in [0.25, 0.3) is 28.0 Å². The van der Waals surface area contributed by atoms with Crippen LogP contribution in [-0.2, 0) is 5.41 Å². The summed E-state index contributed by atoms with van der Waals surface area (Å²) >= 11 is 0. The highest BCUT2D eigenvalue weighted by Crippen LogP contribution is 2.63. The van der Waals surface area contributed by atoms with Gasteiger partial charge < -0.3 is 10.1 Å². The molecule has 2 heterocycles. The van der Waals surface area contributed by atoms with E-state index in [1.165, 1.54) is 44.5 Å². The maximum Gasteiger partial charge on any atom is 0.134 e. The molecule has 0 radical (unpaired) electrons. The van der Waals surface area contributed by atoms with Crippen LogP contribution >= 0.6 is 0 Å². The number of fused-ring (bicyclic) bond motifs is 9. The normalized spacial score (nSPS) is 16.1. The molecule has 7 aromatic rings. The Bertz CT molecular complexity index is 2430. The summed E-state index contributed by atoms with van der Waals surface area (Å²) in [5, 5.41) is 3.73. The summed E-state index contributed by atoms with van der Waals surface area (Å²) in [4.78, 5) is 5.16. The summed E-state index contributed by atoms with van der Waals surface area (Å²) in [5.74, 6) is 2.66. The summed E-state index contributed by atoms with van der Waals surface area (Å²) in [5.41, 5.74) is 13.6. The predicted molar refractivity (Wildman–Crippen MR) is 203 cm³/mol. The fourth-order valence-electron chi connectivity index (χ4n) is 8.26. The molecular weight excluding hydrogens is 609 g/mol. The van der Waals surface area contributed by atoms with Crippen LogP contribution in [0.1, 0.15) is 45.0 Å². The highest BCUT2D eigenvalue weighted by Gasteiger charge is 2.52. The average Bonchev–Trinajstić information content (AvgIpc) is 3.49. The maximum atomic E-state index is 6.58. The van der Waals surface area contributed by atoms with Crippen LogP contribution < -0.4 is 10.1 Å². The molecule has 3 aliphatic rings. The minimum atomic E-state index is -0.528. The van der Waals surface area contributed by atoms with E-state index in [1.807, 2.05) is 6.07 Å². The molecule has 0 saturated carbocycles. The largest absolute Gasteiger partial charge is 0.457 e. The molecule has 0 fully saturated rings. The number of nitrogens with zero attached hydrogens (tertiary/aromatic N) is 1. The van der Waals surface area contributed by atoms with E-state index in [0.717, 1.165) is 39.7 Å². The molecule has 1 atom stereocenters. The summed E-state index contributed by atoms with van der Waals surface area (Å²) in [6.07, 6.45) is 2.22. The summed E-state index contributed by atoms with van der Waals surface area (Å²) in [6, 6.07) is 62.6. The molecule has 0 aromatic heterocycles. The number of ether oxygens (including phenoxy) is 1. The smallest absolute Gasteiger partial charge is 0.134 e. The van der Waals surface area contributed by atoms with Crippen molar-refractivity contribution in [1.82, 2.24) is 5.32 Å². The van der Waals surface area contributed by atoms with E-state index >= 15 is 0 Å². The van der Waals surface area contributed by atoms with Gasteiger partial charge in [0, 0.05) is 16.7 Å². The first-order valence-corrected chi connectivity index (χ1v) is 17.2. The molecule has 10 rings (SSSR count). The van der Waals surface area contributed by atoms with Crippen molar-refractivity contribution >= 4 is 11.5 Å². The number of para-hydroxylation sites is 2. The van der Waals surface area contributed by atoms with Gasteiger partial charge in [0.2, 0.25) is 0 Å². The number of benzene rings is 7. The predicted octanol–water partition coefficient (Wildman–Crippen LogP) is 11.0. The van der Waals surface area contributed by atoms with Crippen LogP contribution in [0.4, 0.5) is 0 Å². The van der Waals surface area contributed by atoms with E-state index in [0.29, 0.717) is 0 Å². The summed E-state index contributed by atoms with van der Waals surface area (Å²) in [7, 11) is 0. The van der Waals surface area contributed by atoms with Gasteiger partial charge in [-0.2, -0.15) is 0 Å². The zero-order chi connectivity index (χ0) is 33.1. The molecule has 1 spiro atoms. The standard InChI is InChI=1S/C47H32N2O/c1-3-14-32(15-4-1)41-30-42(33-16-5-2-6-17-33)49-46(48-41)34-28-26-31(27-29-34)35-19-13-20-37-36-18-7-8-21-38(36)47(45(35)37)39-22-9-11-24-43(39)50-44-25-12-10-23-40(44)47/h1-30,41H,(H,48,49). The Morgan fingerprint density at radius 1 is 0.460 bits per heavy atom. The van der Waals surface area contributed by atoms with Crippen molar-refractivity contribution in [2.45, 2.75) is 11.5 Å². The van der Waals surface area contributed by atoms with Gasteiger partial charge in [-0.3, -0.25) is 0 Å². The van der Waals surface area contributed by atoms with Gasteiger partial charge >= 0.3 is 0 Å². The van der Waals surface area contributed by atoms with Crippen molar-refractivity contribution in [2.75, 3.05) is 0 Å². The molecule has 0 bridgehead atoms. The second kappa shape index (κ2) is 11.3. The number of hydrogen-bond acceptors (Lipinski definition) is 3. The van der Waals surface area contributed by atoms with Gasteiger partial charge in [-0.1, -0.05) is 164 Å². The molecule has 1 aliphatic carbocycles. The highest BCUT2D eigenvalue weighted by atomic mass is 16.5. The van der Waals surface area contributed by atoms with Gasteiger partial charge in [-0.05, 0) is 62.7 Å². The van der Waals surface area contributed by atoms with Crippen LogP contribution in [0.3, 0.4) is 0 Å². The molecule has 3 heteroatoms. The number of aliphatic imine (C=N–C) groups is 1. The molecule has 0 amide bonds. The third-order valence-corrected chi connectivity index (χ3v) is 10.4. The number of rotatable bonds is 4. The SMILES string of the molecule is C1=C(c2ccccc2)N=C(c2ccc(-c3cccc4c3C3(c5ccccc5Oc5ccccc53)c3ccccc3-4)cc2)NC1c1ccccc1. The Morgan fingerprint density at radius 2 is 1.02 bits per heavy atom. The Hall–Kier alpha value is -6.45. The van der Waals surface area contributed by atoms with Gasteiger partial charge in [-0.15, -0.1) is 0 Å². The van der Waals surface area contributed by atoms with Gasteiger partial charge in [0.25, 0.3) is 0 Å². The summed E-state index contributed by atoms with van der Waals surface area (Å²) in [6.45, 7) is 0.